The molecular weight excluding hydrogens is 334 g/mol. The average Bonchev–Trinajstić information content (AvgIpc) is 2.53. The van der Waals surface area contributed by atoms with Crippen molar-refractivity contribution in [1.82, 2.24) is 5.32 Å². The van der Waals surface area contributed by atoms with Crippen LogP contribution in [0.3, 0.4) is 0 Å². The number of hydrogen-bond donors (Lipinski definition) is 1. The Morgan fingerprint density at radius 2 is 1.64 bits per heavy atom. The molecule has 0 aliphatic carbocycles. The van der Waals surface area contributed by atoms with Gasteiger partial charge in [-0.25, -0.2) is 4.79 Å². The van der Waals surface area contributed by atoms with Gasteiger partial charge in [0.1, 0.15) is 6.04 Å². The van der Waals surface area contributed by atoms with Gasteiger partial charge < -0.3 is 10.1 Å². The van der Waals surface area contributed by atoms with Gasteiger partial charge in [0.25, 0.3) is 17.3 Å². The number of nitro benzene ring substituents is 2. The van der Waals surface area contributed by atoms with Crippen LogP contribution in [-0.4, -0.2) is 34.4 Å². The molecule has 1 rings (SSSR count). The molecule has 1 N–H and O–H groups in total. The number of rotatable bonds is 8. The fourth-order valence-corrected chi connectivity index (χ4v) is 2.11. The Morgan fingerprint density at radius 3 is 2.04 bits per heavy atom. The van der Waals surface area contributed by atoms with Gasteiger partial charge in [-0.1, -0.05) is 13.8 Å². The molecule has 1 amide bonds. The molecule has 0 unspecified atom stereocenters. The first-order chi connectivity index (χ1) is 11.6. The summed E-state index contributed by atoms with van der Waals surface area (Å²) in [6.45, 7) is 5.44. The van der Waals surface area contributed by atoms with E-state index in [0.29, 0.717) is 6.42 Å². The lowest BCUT2D eigenvalue weighted by molar-refractivity contribution is -0.394. The third-order valence-electron chi connectivity index (χ3n) is 3.17. The molecule has 0 heterocycles. The molecule has 10 nitrogen and oxygen atoms in total. The third kappa shape index (κ3) is 5.83. The summed E-state index contributed by atoms with van der Waals surface area (Å²) in [5.74, 6) is -1.40. The van der Waals surface area contributed by atoms with Crippen LogP contribution < -0.4 is 5.32 Å². The predicted molar refractivity (Wildman–Crippen MR) is 87.1 cm³/mol. The smallest absolute Gasteiger partial charge is 0.328 e. The molecule has 0 spiro atoms. The van der Waals surface area contributed by atoms with E-state index in [1.165, 1.54) is 0 Å². The highest BCUT2D eigenvalue weighted by Gasteiger charge is 2.26. The highest BCUT2D eigenvalue weighted by Crippen LogP contribution is 2.23. The molecule has 0 saturated heterocycles. The van der Waals surface area contributed by atoms with Crippen LogP contribution in [0.4, 0.5) is 11.4 Å². The van der Waals surface area contributed by atoms with Crippen LogP contribution in [0.15, 0.2) is 18.2 Å². The van der Waals surface area contributed by atoms with E-state index in [2.05, 4.69) is 5.32 Å². The standard InChI is InChI=1S/C15H19N3O7/c1-4-25-15(20)13(5-9(2)3)16-14(19)10-6-11(17(21)22)8-12(7-10)18(23)24/h6-9,13H,4-5H2,1-3H3,(H,16,19)/t13-/m1/s1. The Morgan fingerprint density at radius 1 is 1.12 bits per heavy atom. The van der Waals surface area contributed by atoms with Gasteiger partial charge in [-0.3, -0.25) is 25.0 Å². The van der Waals surface area contributed by atoms with Crippen molar-refractivity contribution in [1.29, 1.82) is 0 Å². The van der Waals surface area contributed by atoms with Gasteiger partial charge in [-0.2, -0.15) is 0 Å². The number of carbonyl (C=O) groups is 2. The fraction of sp³-hybridized carbons (Fsp3) is 0.467. The van der Waals surface area contributed by atoms with E-state index in [1.54, 1.807) is 6.92 Å². The van der Waals surface area contributed by atoms with Crippen LogP contribution in [0.2, 0.25) is 0 Å². The highest BCUT2D eigenvalue weighted by molar-refractivity contribution is 5.97. The van der Waals surface area contributed by atoms with Crippen LogP contribution in [-0.2, 0) is 9.53 Å². The van der Waals surface area contributed by atoms with Gasteiger partial charge in [0.15, 0.2) is 0 Å². The van der Waals surface area contributed by atoms with Crippen LogP contribution in [0.1, 0.15) is 37.6 Å². The second-order valence-corrected chi connectivity index (χ2v) is 5.66. The molecule has 0 aromatic heterocycles. The fourth-order valence-electron chi connectivity index (χ4n) is 2.11. The maximum absolute atomic E-state index is 12.3. The van der Waals surface area contributed by atoms with Gasteiger partial charge in [0, 0.05) is 12.1 Å². The van der Waals surface area contributed by atoms with Crippen molar-refractivity contribution in [2.75, 3.05) is 6.61 Å². The highest BCUT2D eigenvalue weighted by atomic mass is 16.6. The number of benzene rings is 1. The van der Waals surface area contributed by atoms with Gasteiger partial charge in [-0.15, -0.1) is 0 Å². The number of nitrogens with zero attached hydrogens (tertiary/aromatic N) is 2. The van der Waals surface area contributed by atoms with Gasteiger partial charge in [0.05, 0.1) is 28.1 Å². The molecule has 1 aromatic rings. The quantitative estimate of drug-likeness (QED) is 0.429. The Kier molecular flexibility index (Phi) is 6.97. The van der Waals surface area contributed by atoms with E-state index >= 15 is 0 Å². The van der Waals surface area contributed by atoms with Crippen molar-refractivity contribution in [3.63, 3.8) is 0 Å². The van der Waals surface area contributed by atoms with Gasteiger partial charge >= 0.3 is 5.97 Å². The summed E-state index contributed by atoms with van der Waals surface area (Å²) < 4.78 is 4.90. The zero-order chi connectivity index (χ0) is 19.1. The summed E-state index contributed by atoms with van der Waals surface area (Å²) in [6.07, 6.45) is 0.293. The van der Waals surface area contributed by atoms with E-state index in [9.17, 15) is 29.8 Å². The number of amides is 1. The minimum atomic E-state index is -0.953. The summed E-state index contributed by atoms with van der Waals surface area (Å²) in [5.41, 5.74) is -1.45. The van der Waals surface area contributed by atoms with Crippen LogP contribution >= 0.6 is 0 Å². The molecule has 10 heteroatoms. The number of esters is 1. The molecule has 136 valence electrons. The Labute approximate surface area is 143 Å². The lowest BCUT2D eigenvalue weighted by Gasteiger charge is -2.19. The van der Waals surface area contributed by atoms with Crippen molar-refractivity contribution in [3.05, 3.63) is 44.0 Å². The Balaban J connectivity index is 3.13. The molecule has 0 aliphatic rings. The van der Waals surface area contributed by atoms with E-state index in [0.717, 1.165) is 18.2 Å². The second kappa shape index (κ2) is 8.71. The maximum atomic E-state index is 12.3. The van der Waals surface area contributed by atoms with E-state index in [-0.39, 0.29) is 18.1 Å². The summed E-state index contributed by atoms with van der Waals surface area (Å²) in [6, 6.07) is 1.64. The van der Waals surface area contributed by atoms with Crippen LogP contribution in [0, 0.1) is 26.1 Å². The minimum Gasteiger partial charge on any atom is -0.464 e. The number of ether oxygens (including phenoxy) is 1. The van der Waals surface area contributed by atoms with Crippen molar-refractivity contribution in [3.8, 4) is 0 Å². The van der Waals surface area contributed by atoms with Crippen LogP contribution in [0.5, 0.6) is 0 Å². The number of hydrogen-bond acceptors (Lipinski definition) is 7. The molecular formula is C15H19N3O7. The van der Waals surface area contributed by atoms with Crippen molar-refractivity contribution < 1.29 is 24.2 Å². The Bertz CT molecular complexity index is 655. The van der Waals surface area contributed by atoms with Gasteiger partial charge in [-0.05, 0) is 19.3 Å². The molecule has 25 heavy (non-hydrogen) atoms. The van der Waals surface area contributed by atoms with E-state index in [4.69, 9.17) is 4.74 Å². The largest absolute Gasteiger partial charge is 0.464 e. The molecule has 1 aromatic carbocycles. The zero-order valence-electron chi connectivity index (χ0n) is 14.1. The second-order valence-electron chi connectivity index (χ2n) is 5.66. The summed E-state index contributed by atoms with van der Waals surface area (Å²) >= 11 is 0. The summed E-state index contributed by atoms with van der Waals surface area (Å²) in [7, 11) is 0. The normalized spacial score (nSPS) is 11.7. The first-order valence-electron chi connectivity index (χ1n) is 7.57. The molecule has 0 radical (unpaired) electrons. The summed E-state index contributed by atoms with van der Waals surface area (Å²) in [5, 5.41) is 24.2. The molecule has 0 fully saturated rings. The number of carbonyl (C=O) groups excluding carboxylic acids is 2. The number of nitrogens with one attached hydrogen (secondary N) is 1. The van der Waals surface area contributed by atoms with Crippen molar-refractivity contribution >= 4 is 23.3 Å². The number of non-ortho nitro benzene ring substituents is 2. The van der Waals surface area contributed by atoms with Crippen molar-refractivity contribution in [2.45, 2.75) is 33.2 Å². The Hall–Kier alpha value is -3.04. The van der Waals surface area contributed by atoms with Gasteiger partial charge in [0.2, 0.25) is 0 Å². The van der Waals surface area contributed by atoms with Crippen molar-refractivity contribution in [2.24, 2.45) is 5.92 Å². The maximum Gasteiger partial charge on any atom is 0.328 e. The monoisotopic (exact) mass is 353 g/mol. The molecule has 0 bridgehead atoms. The number of nitro groups is 2. The molecule has 0 aliphatic heterocycles. The summed E-state index contributed by atoms with van der Waals surface area (Å²) in [4.78, 5) is 44.4. The predicted octanol–water partition coefficient (Wildman–Crippen LogP) is 2.21. The first-order valence-corrected chi connectivity index (χ1v) is 7.57. The molecule has 0 saturated carbocycles. The zero-order valence-corrected chi connectivity index (χ0v) is 14.1. The molecule has 1 atom stereocenters. The lowest BCUT2D eigenvalue weighted by Crippen LogP contribution is -2.42. The lowest BCUT2D eigenvalue weighted by atomic mass is 10.0. The van der Waals surface area contributed by atoms with E-state index in [1.807, 2.05) is 13.8 Å². The average molecular weight is 353 g/mol. The third-order valence-corrected chi connectivity index (χ3v) is 3.17. The topological polar surface area (TPSA) is 142 Å². The first kappa shape index (κ1) is 20.0. The van der Waals surface area contributed by atoms with E-state index < -0.39 is 39.1 Å². The van der Waals surface area contributed by atoms with Crippen LogP contribution in [0.25, 0.3) is 0 Å². The minimum absolute atomic E-state index is 0.0640. The SMILES string of the molecule is CCOC(=O)[C@@H](CC(C)C)NC(=O)c1cc([N+](=O)[O-])cc([N+](=O)[O-])c1.